The number of methoxy groups -OCH3 is 1. The first-order valence-corrected chi connectivity index (χ1v) is 5.44. The fraction of sp³-hybridized carbons (Fsp3) is 0.417. The van der Waals surface area contributed by atoms with Crippen molar-refractivity contribution in [2.45, 2.75) is 6.04 Å². The summed E-state index contributed by atoms with van der Waals surface area (Å²) in [6, 6.07) is 9.09. The third kappa shape index (κ3) is 5.33. The molecule has 0 aromatic heterocycles. The van der Waals surface area contributed by atoms with Crippen LogP contribution in [0.15, 0.2) is 30.3 Å². The average Bonchev–Trinajstić information content (AvgIpc) is 2.37. The predicted octanol–water partition coefficient (Wildman–Crippen LogP) is 0.222. The highest BCUT2D eigenvalue weighted by atomic mass is 16.5. The molecule has 1 unspecified atom stereocenters. The summed E-state index contributed by atoms with van der Waals surface area (Å²) in [5.41, 5.74) is 0.884. The molecule has 94 valence electrons. The van der Waals surface area contributed by atoms with Gasteiger partial charge in [0.15, 0.2) is 0 Å². The fourth-order valence-corrected chi connectivity index (χ4v) is 1.36. The minimum Gasteiger partial charge on any atom is -0.394 e. The maximum atomic E-state index is 11.5. The molecule has 0 spiro atoms. The Hall–Kier alpha value is -1.59. The van der Waals surface area contributed by atoms with Crippen LogP contribution in [0.3, 0.4) is 0 Å². The molecule has 0 aliphatic heterocycles. The van der Waals surface area contributed by atoms with Crippen molar-refractivity contribution in [3.8, 4) is 0 Å². The molecule has 3 N–H and O–H groups in total. The zero-order valence-electron chi connectivity index (χ0n) is 9.85. The number of aliphatic hydroxyl groups excluding tert-OH is 1. The van der Waals surface area contributed by atoms with Crippen molar-refractivity contribution >= 4 is 11.6 Å². The van der Waals surface area contributed by atoms with Crippen LogP contribution < -0.4 is 10.6 Å². The normalized spacial score (nSPS) is 11.9. The van der Waals surface area contributed by atoms with Gasteiger partial charge >= 0.3 is 0 Å². The van der Waals surface area contributed by atoms with E-state index >= 15 is 0 Å². The molecule has 0 bridgehead atoms. The van der Waals surface area contributed by atoms with Gasteiger partial charge in [0.2, 0.25) is 5.91 Å². The van der Waals surface area contributed by atoms with Crippen LogP contribution in [0.5, 0.6) is 0 Å². The van der Waals surface area contributed by atoms with Gasteiger partial charge in [-0.25, -0.2) is 0 Å². The van der Waals surface area contributed by atoms with Crippen molar-refractivity contribution < 1.29 is 14.6 Å². The number of benzene rings is 1. The van der Waals surface area contributed by atoms with Gasteiger partial charge in [-0.15, -0.1) is 0 Å². The topological polar surface area (TPSA) is 70.6 Å². The number of carbonyl (C=O) groups excluding carboxylic acids is 1. The highest BCUT2D eigenvalue weighted by Gasteiger charge is 2.10. The molecule has 0 aliphatic rings. The van der Waals surface area contributed by atoms with Crippen molar-refractivity contribution in [1.82, 2.24) is 5.32 Å². The van der Waals surface area contributed by atoms with E-state index in [4.69, 9.17) is 9.84 Å². The van der Waals surface area contributed by atoms with E-state index in [1.54, 1.807) is 0 Å². The van der Waals surface area contributed by atoms with E-state index in [9.17, 15) is 4.79 Å². The van der Waals surface area contributed by atoms with E-state index in [-0.39, 0.29) is 25.1 Å². The second-order valence-electron chi connectivity index (χ2n) is 3.62. The lowest BCUT2D eigenvalue weighted by Gasteiger charge is -2.15. The maximum Gasteiger partial charge on any atom is 0.239 e. The molecule has 1 aromatic rings. The Morgan fingerprint density at radius 2 is 2.12 bits per heavy atom. The minimum atomic E-state index is -0.356. The first-order chi connectivity index (χ1) is 8.26. The van der Waals surface area contributed by atoms with Gasteiger partial charge in [0.1, 0.15) is 0 Å². The molecule has 1 amide bonds. The molecule has 0 radical (unpaired) electrons. The standard InChI is InChI=1S/C12H18N2O3/c1-17-9-11(8-15)14-12(16)7-13-10-5-3-2-4-6-10/h2-6,11,13,15H,7-9H2,1H3,(H,14,16). The van der Waals surface area contributed by atoms with Gasteiger partial charge in [0.25, 0.3) is 0 Å². The second kappa shape index (κ2) is 7.65. The van der Waals surface area contributed by atoms with Gasteiger partial charge in [-0.3, -0.25) is 4.79 Å². The van der Waals surface area contributed by atoms with Crippen LogP contribution in [0.4, 0.5) is 5.69 Å². The number of amides is 1. The van der Waals surface area contributed by atoms with E-state index in [0.717, 1.165) is 5.69 Å². The molecule has 1 aromatic carbocycles. The van der Waals surface area contributed by atoms with Crippen molar-refractivity contribution in [3.05, 3.63) is 30.3 Å². The van der Waals surface area contributed by atoms with E-state index < -0.39 is 0 Å². The Morgan fingerprint density at radius 1 is 1.41 bits per heavy atom. The lowest BCUT2D eigenvalue weighted by atomic mass is 10.3. The highest BCUT2D eigenvalue weighted by molar-refractivity contribution is 5.80. The van der Waals surface area contributed by atoms with Crippen LogP contribution in [0.1, 0.15) is 0 Å². The quantitative estimate of drug-likeness (QED) is 0.635. The molecule has 0 fully saturated rings. The minimum absolute atomic E-state index is 0.134. The second-order valence-corrected chi connectivity index (χ2v) is 3.62. The van der Waals surface area contributed by atoms with Gasteiger partial charge in [-0.1, -0.05) is 18.2 Å². The number of para-hydroxylation sites is 1. The largest absolute Gasteiger partial charge is 0.394 e. The Balaban J connectivity index is 2.30. The molecule has 5 nitrogen and oxygen atoms in total. The number of hydrogen-bond acceptors (Lipinski definition) is 4. The lowest BCUT2D eigenvalue weighted by molar-refractivity contribution is -0.120. The molecule has 0 heterocycles. The molecular weight excluding hydrogens is 220 g/mol. The van der Waals surface area contributed by atoms with Crippen LogP contribution >= 0.6 is 0 Å². The molecule has 5 heteroatoms. The Labute approximate surface area is 101 Å². The van der Waals surface area contributed by atoms with Crippen molar-refractivity contribution in [2.24, 2.45) is 0 Å². The zero-order valence-corrected chi connectivity index (χ0v) is 9.85. The monoisotopic (exact) mass is 238 g/mol. The first-order valence-electron chi connectivity index (χ1n) is 5.44. The first kappa shape index (κ1) is 13.5. The number of anilines is 1. The van der Waals surface area contributed by atoms with Crippen molar-refractivity contribution in [1.29, 1.82) is 0 Å². The summed E-state index contributed by atoms with van der Waals surface area (Å²) < 4.78 is 4.86. The van der Waals surface area contributed by atoms with Crippen LogP contribution in [-0.2, 0) is 9.53 Å². The van der Waals surface area contributed by atoms with Gasteiger partial charge in [-0.2, -0.15) is 0 Å². The third-order valence-electron chi connectivity index (χ3n) is 2.18. The summed E-state index contributed by atoms with van der Waals surface area (Å²) >= 11 is 0. The molecule has 0 saturated carbocycles. The third-order valence-corrected chi connectivity index (χ3v) is 2.18. The zero-order chi connectivity index (χ0) is 12.5. The van der Waals surface area contributed by atoms with Gasteiger partial charge in [-0.05, 0) is 12.1 Å². The smallest absolute Gasteiger partial charge is 0.239 e. The fourth-order valence-electron chi connectivity index (χ4n) is 1.36. The SMILES string of the molecule is COCC(CO)NC(=O)CNc1ccccc1. The summed E-state index contributed by atoms with van der Waals surface area (Å²) in [6.45, 7) is 0.336. The van der Waals surface area contributed by atoms with Crippen LogP contribution in [0.2, 0.25) is 0 Å². The van der Waals surface area contributed by atoms with Gasteiger partial charge in [0, 0.05) is 12.8 Å². The van der Waals surface area contributed by atoms with Crippen molar-refractivity contribution in [2.75, 3.05) is 32.2 Å². The maximum absolute atomic E-state index is 11.5. The van der Waals surface area contributed by atoms with Gasteiger partial charge < -0.3 is 20.5 Å². The van der Waals surface area contributed by atoms with Crippen LogP contribution in [0, 0.1) is 0 Å². The average molecular weight is 238 g/mol. The Morgan fingerprint density at radius 3 is 2.71 bits per heavy atom. The number of hydrogen-bond donors (Lipinski definition) is 3. The van der Waals surface area contributed by atoms with E-state index in [1.807, 2.05) is 30.3 Å². The van der Waals surface area contributed by atoms with E-state index in [0.29, 0.717) is 6.61 Å². The van der Waals surface area contributed by atoms with Gasteiger partial charge in [0.05, 0.1) is 25.8 Å². The summed E-state index contributed by atoms with van der Waals surface area (Å²) in [5, 5.41) is 14.6. The van der Waals surface area contributed by atoms with Crippen LogP contribution in [0.25, 0.3) is 0 Å². The molecule has 1 rings (SSSR count). The number of ether oxygens (including phenoxy) is 1. The summed E-state index contributed by atoms with van der Waals surface area (Å²) in [4.78, 5) is 11.5. The van der Waals surface area contributed by atoms with Crippen molar-refractivity contribution in [3.63, 3.8) is 0 Å². The molecule has 17 heavy (non-hydrogen) atoms. The van der Waals surface area contributed by atoms with E-state index in [2.05, 4.69) is 10.6 Å². The predicted molar refractivity (Wildman–Crippen MR) is 65.8 cm³/mol. The molecule has 1 atom stereocenters. The summed E-state index contributed by atoms with van der Waals surface area (Å²) in [6.07, 6.45) is 0. The summed E-state index contributed by atoms with van der Waals surface area (Å²) in [7, 11) is 1.52. The summed E-state index contributed by atoms with van der Waals surface area (Å²) in [5.74, 6) is -0.176. The Kier molecular flexibility index (Phi) is 6.06. The number of carbonyl (C=O) groups is 1. The highest BCUT2D eigenvalue weighted by Crippen LogP contribution is 2.03. The molecule has 0 aliphatic carbocycles. The van der Waals surface area contributed by atoms with E-state index in [1.165, 1.54) is 7.11 Å². The number of nitrogens with one attached hydrogen (secondary N) is 2. The lowest BCUT2D eigenvalue weighted by Crippen LogP contribution is -2.43. The Bertz CT molecular complexity index is 330. The molecular formula is C12H18N2O3. The number of rotatable bonds is 7. The van der Waals surface area contributed by atoms with Crippen LogP contribution in [-0.4, -0.2) is 43.9 Å². The molecule has 0 saturated heterocycles. The number of aliphatic hydroxyl groups is 1.